The second-order valence-corrected chi connectivity index (χ2v) is 5.32. The molecule has 102 valence electrons. The van der Waals surface area contributed by atoms with Gasteiger partial charge in [0.25, 0.3) is 5.91 Å². The highest BCUT2D eigenvalue weighted by atomic mass is 32.2. The lowest BCUT2D eigenvalue weighted by atomic mass is 10.1. The Labute approximate surface area is 116 Å². The van der Waals surface area contributed by atoms with Crippen LogP contribution in [-0.2, 0) is 0 Å². The molecule has 2 rings (SSSR count). The molecular formula is C14H17NO3S. The first-order valence-corrected chi connectivity index (χ1v) is 7.41. The van der Waals surface area contributed by atoms with Crippen molar-refractivity contribution in [3.8, 4) is 0 Å². The number of hydrogen-bond donors (Lipinski definition) is 2. The van der Waals surface area contributed by atoms with E-state index >= 15 is 0 Å². The van der Waals surface area contributed by atoms with Gasteiger partial charge in [-0.15, -0.1) is 0 Å². The Morgan fingerprint density at radius 3 is 3.00 bits per heavy atom. The highest BCUT2D eigenvalue weighted by Crippen LogP contribution is 2.20. The lowest BCUT2D eigenvalue weighted by molar-refractivity contribution is 0.0957. The first kappa shape index (κ1) is 14.0. The molecule has 0 spiro atoms. The maximum Gasteiger partial charge on any atom is 0.255 e. The molecule has 0 atom stereocenters. The van der Waals surface area contributed by atoms with E-state index in [4.69, 9.17) is 9.52 Å². The smallest absolute Gasteiger partial charge is 0.255 e. The maximum absolute atomic E-state index is 12.0. The van der Waals surface area contributed by atoms with Gasteiger partial charge >= 0.3 is 0 Å². The first-order valence-electron chi connectivity index (χ1n) is 6.26. The molecule has 0 bridgehead atoms. The van der Waals surface area contributed by atoms with Gasteiger partial charge in [-0.25, -0.2) is 0 Å². The third-order valence-corrected chi connectivity index (χ3v) is 3.77. The van der Waals surface area contributed by atoms with Gasteiger partial charge < -0.3 is 14.8 Å². The standard InChI is InChI=1S/C14H17NO3S/c16-7-3-8-19-9-6-15-14(17)12-10-18-13-5-2-1-4-11(12)13/h1-2,4-5,10,16H,3,6-9H2,(H,15,17). The molecule has 2 N–H and O–H groups in total. The van der Waals surface area contributed by atoms with Crippen molar-refractivity contribution < 1.29 is 14.3 Å². The van der Waals surface area contributed by atoms with Gasteiger partial charge in [0.1, 0.15) is 11.8 Å². The fraction of sp³-hybridized carbons (Fsp3) is 0.357. The molecule has 1 amide bonds. The normalized spacial score (nSPS) is 10.8. The number of thioether (sulfide) groups is 1. The number of carbonyl (C=O) groups excluding carboxylic acids is 1. The molecule has 2 aromatic rings. The Hall–Kier alpha value is -1.46. The molecule has 0 aliphatic carbocycles. The predicted octanol–water partition coefficient (Wildman–Crippen LogP) is 2.28. The zero-order chi connectivity index (χ0) is 13.5. The van der Waals surface area contributed by atoms with Crippen LogP contribution in [0, 0.1) is 0 Å². The van der Waals surface area contributed by atoms with Crippen molar-refractivity contribution >= 4 is 28.6 Å². The van der Waals surface area contributed by atoms with E-state index in [1.807, 2.05) is 24.3 Å². The van der Waals surface area contributed by atoms with Gasteiger partial charge in [-0.3, -0.25) is 4.79 Å². The summed E-state index contributed by atoms with van der Waals surface area (Å²) >= 11 is 1.72. The van der Waals surface area contributed by atoms with Crippen molar-refractivity contribution in [3.63, 3.8) is 0 Å². The molecule has 1 heterocycles. The number of para-hydroxylation sites is 1. The number of hydrogen-bond acceptors (Lipinski definition) is 4. The maximum atomic E-state index is 12.0. The van der Waals surface area contributed by atoms with E-state index in [1.165, 1.54) is 6.26 Å². The van der Waals surface area contributed by atoms with E-state index in [2.05, 4.69) is 5.32 Å². The van der Waals surface area contributed by atoms with E-state index in [9.17, 15) is 4.79 Å². The van der Waals surface area contributed by atoms with Crippen LogP contribution in [0.3, 0.4) is 0 Å². The second kappa shape index (κ2) is 7.21. The number of benzene rings is 1. The van der Waals surface area contributed by atoms with Gasteiger partial charge in [0, 0.05) is 24.3 Å². The van der Waals surface area contributed by atoms with E-state index in [1.54, 1.807) is 11.8 Å². The monoisotopic (exact) mass is 279 g/mol. The molecule has 1 aromatic heterocycles. The summed E-state index contributed by atoms with van der Waals surface area (Å²) in [7, 11) is 0. The van der Waals surface area contributed by atoms with Crippen LogP contribution >= 0.6 is 11.8 Å². The highest BCUT2D eigenvalue weighted by molar-refractivity contribution is 7.99. The summed E-state index contributed by atoms with van der Waals surface area (Å²) in [4.78, 5) is 12.0. The topological polar surface area (TPSA) is 62.5 Å². The molecule has 0 fully saturated rings. The Kier molecular flexibility index (Phi) is 5.30. The van der Waals surface area contributed by atoms with Crippen LogP contribution in [-0.4, -0.2) is 35.7 Å². The Morgan fingerprint density at radius 1 is 1.32 bits per heavy atom. The van der Waals surface area contributed by atoms with Crippen LogP contribution in [0.15, 0.2) is 34.9 Å². The van der Waals surface area contributed by atoms with E-state index in [0.29, 0.717) is 12.1 Å². The quantitative estimate of drug-likeness (QED) is 0.763. The van der Waals surface area contributed by atoms with Crippen molar-refractivity contribution in [1.29, 1.82) is 0 Å². The minimum Gasteiger partial charge on any atom is -0.463 e. The summed E-state index contributed by atoms with van der Waals surface area (Å²) in [6.07, 6.45) is 2.30. The van der Waals surface area contributed by atoms with E-state index in [0.717, 1.165) is 28.9 Å². The van der Waals surface area contributed by atoms with Crippen molar-refractivity contribution in [2.24, 2.45) is 0 Å². The average molecular weight is 279 g/mol. The second-order valence-electron chi connectivity index (χ2n) is 4.09. The van der Waals surface area contributed by atoms with Crippen LogP contribution in [0.25, 0.3) is 11.0 Å². The van der Waals surface area contributed by atoms with Gasteiger partial charge in [-0.1, -0.05) is 18.2 Å². The first-order chi connectivity index (χ1) is 9.33. The third-order valence-electron chi connectivity index (χ3n) is 2.70. The van der Waals surface area contributed by atoms with Crippen LogP contribution in [0.1, 0.15) is 16.8 Å². The van der Waals surface area contributed by atoms with E-state index < -0.39 is 0 Å². The highest BCUT2D eigenvalue weighted by Gasteiger charge is 2.12. The molecule has 0 saturated carbocycles. The SMILES string of the molecule is O=C(NCCSCCCO)c1coc2ccccc12. The number of furan rings is 1. The van der Waals surface area contributed by atoms with Crippen LogP contribution in [0.5, 0.6) is 0 Å². The number of aliphatic hydroxyl groups excluding tert-OH is 1. The number of carbonyl (C=O) groups is 1. The molecule has 0 unspecified atom stereocenters. The molecule has 5 heteroatoms. The summed E-state index contributed by atoms with van der Waals surface area (Å²) in [6, 6.07) is 7.49. The Bertz CT molecular complexity index is 538. The minimum absolute atomic E-state index is 0.104. The largest absolute Gasteiger partial charge is 0.463 e. The van der Waals surface area contributed by atoms with Crippen LogP contribution in [0.4, 0.5) is 0 Å². The Balaban J connectivity index is 1.83. The number of amides is 1. The molecule has 1 aromatic carbocycles. The number of fused-ring (bicyclic) bond motifs is 1. The summed E-state index contributed by atoms with van der Waals surface area (Å²) < 4.78 is 5.34. The zero-order valence-corrected chi connectivity index (χ0v) is 11.4. The van der Waals surface area contributed by atoms with Gasteiger partial charge in [-0.05, 0) is 18.2 Å². The van der Waals surface area contributed by atoms with E-state index in [-0.39, 0.29) is 12.5 Å². The van der Waals surface area contributed by atoms with Gasteiger partial charge in [0.05, 0.1) is 5.56 Å². The van der Waals surface area contributed by atoms with Crippen molar-refractivity contribution in [2.45, 2.75) is 6.42 Å². The lowest BCUT2D eigenvalue weighted by Crippen LogP contribution is -2.25. The van der Waals surface area contributed by atoms with Crippen molar-refractivity contribution in [2.75, 3.05) is 24.7 Å². The fourth-order valence-corrected chi connectivity index (χ4v) is 2.54. The van der Waals surface area contributed by atoms with Crippen molar-refractivity contribution in [3.05, 3.63) is 36.1 Å². The molecular weight excluding hydrogens is 262 g/mol. The Morgan fingerprint density at radius 2 is 2.16 bits per heavy atom. The predicted molar refractivity (Wildman–Crippen MR) is 77.6 cm³/mol. The fourth-order valence-electron chi connectivity index (χ4n) is 1.75. The minimum atomic E-state index is -0.104. The number of aliphatic hydroxyl groups is 1. The molecule has 4 nitrogen and oxygen atoms in total. The number of nitrogens with one attached hydrogen (secondary N) is 1. The summed E-state index contributed by atoms with van der Waals surface area (Å²) in [6.45, 7) is 0.842. The van der Waals surface area contributed by atoms with Crippen LogP contribution < -0.4 is 5.32 Å². The lowest BCUT2D eigenvalue weighted by Gasteiger charge is -2.03. The van der Waals surface area contributed by atoms with Gasteiger partial charge in [0.15, 0.2) is 0 Å². The molecule has 19 heavy (non-hydrogen) atoms. The molecule has 0 radical (unpaired) electrons. The van der Waals surface area contributed by atoms with Crippen molar-refractivity contribution in [1.82, 2.24) is 5.32 Å². The molecule has 0 saturated heterocycles. The van der Waals surface area contributed by atoms with Gasteiger partial charge in [0.2, 0.25) is 0 Å². The zero-order valence-electron chi connectivity index (χ0n) is 10.6. The number of rotatable bonds is 7. The molecule has 0 aliphatic heterocycles. The summed E-state index contributed by atoms with van der Waals surface area (Å²) in [5.41, 5.74) is 1.31. The van der Waals surface area contributed by atoms with Gasteiger partial charge in [-0.2, -0.15) is 11.8 Å². The third kappa shape index (κ3) is 3.75. The molecule has 0 aliphatic rings. The summed E-state index contributed by atoms with van der Waals surface area (Å²) in [5, 5.41) is 12.4. The van der Waals surface area contributed by atoms with Crippen LogP contribution in [0.2, 0.25) is 0 Å². The summed E-state index contributed by atoms with van der Waals surface area (Å²) in [5.74, 6) is 1.66. The average Bonchev–Trinajstić information content (AvgIpc) is 2.86.